The molecule has 0 bridgehead atoms. The highest BCUT2D eigenvalue weighted by Crippen LogP contribution is 2.38. The van der Waals surface area contributed by atoms with E-state index in [-0.39, 0.29) is 5.69 Å². The van der Waals surface area contributed by atoms with Gasteiger partial charge in [0.15, 0.2) is 5.82 Å². The molecule has 1 aliphatic rings. The Morgan fingerprint density at radius 2 is 2.33 bits per heavy atom. The van der Waals surface area contributed by atoms with Crippen molar-refractivity contribution in [1.29, 1.82) is 0 Å². The number of benzene rings is 1. The number of halogens is 2. The number of hydrogen-bond acceptors (Lipinski definition) is 2. The first-order chi connectivity index (χ1) is 5.70. The molecule has 64 valence electrons. The predicted octanol–water partition coefficient (Wildman–Crippen LogP) is 2.11. The fourth-order valence-corrected chi connectivity index (χ4v) is 1.89. The molecule has 0 aromatic heterocycles. The molecule has 0 unspecified atom stereocenters. The summed E-state index contributed by atoms with van der Waals surface area (Å²) in [5.41, 5.74) is 6.58. The van der Waals surface area contributed by atoms with E-state index in [2.05, 4.69) is 15.9 Å². The van der Waals surface area contributed by atoms with E-state index in [1.54, 1.807) is 6.07 Å². The minimum atomic E-state index is -0.435. The zero-order valence-corrected chi connectivity index (χ0v) is 7.82. The molecular weight excluding hydrogens is 225 g/mol. The first-order valence-corrected chi connectivity index (χ1v) is 4.38. The molecule has 2 nitrogen and oxygen atoms in total. The van der Waals surface area contributed by atoms with Crippen LogP contribution in [0.5, 0.6) is 5.75 Å². The van der Waals surface area contributed by atoms with E-state index < -0.39 is 5.82 Å². The third-order valence-corrected chi connectivity index (χ3v) is 2.59. The largest absolute Gasteiger partial charge is 0.492 e. The Bertz CT molecular complexity index is 340. The summed E-state index contributed by atoms with van der Waals surface area (Å²) in [6.07, 6.45) is 0.804. The summed E-state index contributed by atoms with van der Waals surface area (Å²) in [5, 5.41) is 0. The van der Waals surface area contributed by atoms with Gasteiger partial charge in [-0.2, -0.15) is 0 Å². The van der Waals surface area contributed by atoms with Crippen LogP contribution in [0.4, 0.5) is 10.1 Å². The minimum absolute atomic E-state index is 0.172. The van der Waals surface area contributed by atoms with E-state index >= 15 is 0 Å². The fraction of sp³-hybridized carbons (Fsp3) is 0.250. The molecule has 0 fully saturated rings. The van der Waals surface area contributed by atoms with Crippen molar-refractivity contribution in [3.63, 3.8) is 0 Å². The predicted molar refractivity (Wildman–Crippen MR) is 47.7 cm³/mol. The van der Waals surface area contributed by atoms with Crippen molar-refractivity contribution in [1.82, 2.24) is 0 Å². The maximum Gasteiger partial charge on any atom is 0.164 e. The molecule has 4 heteroatoms. The van der Waals surface area contributed by atoms with Crippen molar-refractivity contribution in [3.05, 3.63) is 21.9 Å². The van der Waals surface area contributed by atoms with Crippen LogP contribution in [0.15, 0.2) is 10.5 Å². The van der Waals surface area contributed by atoms with Gasteiger partial charge >= 0.3 is 0 Å². The average Bonchev–Trinajstić information content (AvgIpc) is 2.48. The van der Waals surface area contributed by atoms with Crippen LogP contribution in [0, 0.1) is 5.82 Å². The Hall–Kier alpha value is -0.770. The van der Waals surface area contributed by atoms with E-state index in [1.807, 2.05) is 0 Å². The van der Waals surface area contributed by atoms with Crippen LogP contribution < -0.4 is 10.5 Å². The molecule has 0 aliphatic carbocycles. The molecule has 12 heavy (non-hydrogen) atoms. The first kappa shape index (κ1) is 7.86. The zero-order valence-electron chi connectivity index (χ0n) is 6.23. The van der Waals surface area contributed by atoms with Gasteiger partial charge in [-0.05, 0) is 22.0 Å². The van der Waals surface area contributed by atoms with Gasteiger partial charge in [0.25, 0.3) is 0 Å². The highest BCUT2D eigenvalue weighted by Gasteiger charge is 2.20. The summed E-state index contributed by atoms with van der Waals surface area (Å²) in [6.45, 7) is 0.608. The summed E-state index contributed by atoms with van der Waals surface area (Å²) in [7, 11) is 0. The second kappa shape index (κ2) is 2.62. The Kier molecular flexibility index (Phi) is 1.72. The van der Waals surface area contributed by atoms with Gasteiger partial charge in [-0.3, -0.25) is 0 Å². The van der Waals surface area contributed by atoms with Crippen LogP contribution >= 0.6 is 15.9 Å². The summed E-state index contributed by atoms with van der Waals surface area (Å²) < 4.78 is 18.7. The smallest absolute Gasteiger partial charge is 0.164 e. The molecule has 0 spiro atoms. The third-order valence-electron chi connectivity index (χ3n) is 1.88. The molecule has 0 saturated heterocycles. The normalized spacial score (nSPS) is 14.2. The number of rotatable bonds is 0. The van der Waals surface area contributed by atoms with Crippen molar-refractivity contribution in [3.8, 4) is 5.75 Å². The lowest BCUT2D eigenvalue weighted by Gasteiger charge is -2.05. The molecule has 1 aliphatic heterocycles. The Labute approximate surface area is 77.6 Å². The SMILES string of the molecule is Nc1cc2c(c(Br)c1F)OCC2. The van der Waals surface area contributed by atoms with Gasteiger partial charge in [-0.15, -0.1) is 0 Å². The summed E-state index contributed by atoms with van der Waals surface area (Å²) >= 11 is 3.10. The maximum absolute atomic E-state index is 13.1. The summed E-state index contributed by atoms with van der Waals surface area (Å²) in [6, 6.07) is 1.63. The number of nitrogens with two attached hydrogens (primary N) is 1. The highest BCUT2D eigenvalue weighted by atomic mass is 79.9. The molecule has 2 rings (SSSR count). The molecule has 1 aromatic rings. The monoisotopic (exact) mass is 231 g/mol. The van der Waals surface area contributed by atoms with Gasteiger partial charge in [-0.1, -0.05) is 0 Å². The number of hydrogen-bond donors (Lipinski definition) is 1. The molecule has 0 amide bonds. The number of nitrogen functional groups attached to an aromatic ring is 1. The fourth-order valence-electron chi connectivity index (χ4n) is 1.29. The highest BCUT2D eigenvalue weighted by molar-refractivity contribution is 9.10. The molecule has 0 saturated carbocycles. The van der Waals surface area contributed by atoms with Gasteiger partial charge in [-0.25, -0.2) is 4.39 Å². The standard InChI is InChI=1S/C8H7BrFNO/c9-6-7(10)5(11)3-4-1-2-12-8(4)6/h3H,1-2,11H2. The van der Waals surface area contributed by atoms with E-state index in [9.17, 15) is 4.39 Å². The van der Waals surface area contributed by atoms with Crippen LogP contribution in [0.2, 0.25) is 0 Å². The second-order valence-corrected chi connectivity index (χ2v) is 3.47. The van der Waals surface area contributed by atoms with Gasteiger partial charge in [0, 0.05) is 12.0 Å². The number of fused-ring (bicyclic) bond motifs is 1. The molecule has 0 radical (unpaired) electrons. The van der Waals surface area contributed by atoms with Gasteiger partial charge in [0.05, 0.1) is 16.8 Å². The van der Waals surface area contributed by atoms with Gasteiger partial charge in [0.1, 0.15) is 5.75 Å². The van der Waals surface area contributed by atoms with Gasteiger partial charge < -0.3 is 10.5 Å². The third kappa shape index (κ3) is 0.982. The Morgan fingerprint density at radius 1 is 1.58 bits per heavy atom. The number of ether oxygens (including phenoxy) is 1. The minimum Gasteiger partial charge on any atom is -0.492 e. The van der Waals surface area contributed by atoms with Crippen LogP contribution in [-0.4, -0.2) is 6.61 Å². The lowest BCUT2D eigenvalue weighted by atomic mass is 10.1. The van der Waals surface area contributed by atoms with Crippen molar-refractivity contribution in [2.24, 2.45) is 0 Å². The molecule has 1 aromatic carbocycles. The Morgan fingerprint density at radius 3 is 3.08 bits per heavy atom. The van der Waals surface area contributed by atoms with E-state index in [0.29, 0.717) is 16.8 Å². The topological polar surface area (TPSA) is 35.2 Å². The maximum atomic E-state index is 13.1. The van der Waals surface area contributed by atoms with Gasteiger partial charge in [0.2, 0.25) is 0 Å². The molecular formula is C8H7BrFNO. The van der Waals surface area contributed by atoms with Crippen molar-refractivity contribution >= 4 is 21.6 Å². The van der Waals surface area contributed by atoms with Crippen LogP contribution in [0.25, 0.3) is 0 Å². The number of anilines is 1. The van der Waals surface area contributed by atoms with Crippen LogP contribution in [0.3, 0.4) is 0 Å². The summed E-state index contributed by atoms with van der Waals surface area (Å²) in [5.74, 6) is 0.164. The van der Waals surface area contributed by atoms with E-state index in [4.69, 9.17) is 10.5 Å². The lowest BCUT2D eigenvalue weighted by molar-refractivity contribution is 0.353. The molecule has 2 N–H and O–H groups in total. The van der Waals surface area contributed by atoms with Crippen LogP contribution in [0.1, 0.15) is 5.56 Å². The van der Waals surface area contributed by atoms with Crippen LogP contribution in [-0.2, 0) is 6.42 Å². The quantitative estimate of drug-likeness (QED) is 0.695. The van der Waals surface area contributed by atoms with E-state index in [0.717, 1.165) is 12.0 Å². The van der Waals surface area contributed by atoms with E-state index in [1.165, 1.54) is 0 Å². The van der Waals surface area contributed by atoms with Crippen molar-refractivity contribution in [2.45, 2.75) is 6.42 Å². The molecule has 0 atom stereocenters. The molecule has 1 heterocycles. The zero-order chi connectivity index (χ0) is 8.72. The van der Waals surface area contributed by atoms with Crippen molar-refractivity contribution in [2.75, 3.05) is 12.3 Å². The summed E-state index contributed by atoms with van der Waals surface area (Å²) in [4.78, 5) is 0. The first-order valence-electron chi connectivity index (χ1n) is 3.59. The lowest BCUT2D eigenvalue weighted by Crippen LogP contribution is -1.94. The Balaban J connectivity index is 2.67. The van der Waals surface area contributed by atoms with Crippen molar-refractivity contribution < 1.29 is 9.13 Å². The average molecular weight is 232 g/mol. The second-order valence-electron chi connectivity index (χ2n) is 2.68.